The Balaban J connectivity index is 2.79. The monoisotopic (exact) mass is 280 g/mol. The molecular weight excluding hydrogens is 257 g/mol. The summed E-state index contributed by atoms with van der Waals surface area (Å²) in [6, 6.07) is -0.329. The molecule has 0 aromatic heterocycles. The van der Waals surface area contributed by atoms with E-state index in [-0.39, 0.29) is 12.5 Å². The summed E-state index contributed by atoms with van der Waals surface area (Å²) in [6.07, 6.45) is -2.76. The van der Waals surface area contributed by atoms with E-state index in [2.05, 4.69) is 5.32 Å². The molecule has 1 saturated carbocycles. The first-order valence-corrected chi connectivity index (χ1v) is 6.70. The molecule has 3 N–H and O–H groups in total. The molecule has 0 spiro atoms. The Morgan fingerprint density at radius 3 is 2.26 bits per heavy atom. The fourth-order valence-corrected chi connectivity index (χ4v) is 2.36. The molecule has 3 atom stereocenters. The first-order chi connectivity index (χ1) is 8.55. The van der Waals surface area contributed by atoms with E-state index in [1.807, 2.05) is 0 Å². The number of hydrogen-bond acceptors (Lipinski definition) is 2. The minimum atomic E-state index is -4.30. The molecule has 3 nitrogen and oxygen atoms in total. The van der Waals surface area contributed by atoms with Crippen LogP contribution in [0.4, 0.5) is 13.2 Å². The van der Waals surface area contributed by atoms with Crippen molar-refractivity contribution < 1.29 is 18.0 Å². The van der Waals surface area contributed by atoms with Crippen LogP contribution < -0.4 is 11.1 Å². The van der Waals surface area contributed by atoms with E-state index >= 15 is 0 Å². The van der Waals surface area contributed by atoms with Crippen LogP contribution in [0.3, 0.4) is 0 Å². The van der Waals surface area contributed by atoms with E-state index in [1.54, 1.807) is 20.8 Å². The third-order valence-electron chi connectivity index (χ3n) is 4.11. The van der Waals surface area contributed by atoms with E-state index < -0.39 is 29.5 Å². The largest absolute Gasteiger partial charge is 0.392 e. The SMILES string of the molecule is CC(N)C(C)(C)NC(=O)C1CCCCC1C(F)(F)F. The molecule has 1 aliphatic carbocycles. The standard InChI is InChI=1S/C13H23F3N2O/c1-8(17)12(2,3)18-11(19)9-6-4-5-7-10(9)13(14,15)16/h8-10H,4-7,17H2,1-3H3,(H,18,19). The van der Waals surface area contributed by atoms with Gasteiger partial charge in [0.2, 0.25) is 5.91 Å². The predicted molar refractivity (Wildman–Crippen MR) is 67.4 cm³/mol. The summed E-state index contributed by atoms with van der Waals surface area (Å²) in [6.45, 7) is 5.17. The van der Waals surface area contributed by atoms with Crippen molar-refractivity contribution in [2.75, 3.05) is 0 Å². The zero-order valence-electron chi connectivity index (χ0n) is 11.7. The Morgan fingerprint density at radius 2 is 1.79 bits per heavy atom. The number of nitrogens with one attached hydrogen (secondary N) is 1. The van der Waals surface area contributed by atoms with Crippen LogP contribution in [0.15, 0.2) is 0 Å². The van der Waals surface area contributed by atoms with E-state index in [0.29, 0.717) is 19.3 Å². The highest BCUT2D eigenvalue weighted by Gasteiger charge is 2.48. The number of carbonyl (C=O) groups is 1. The van der Waals surface area contributed by atoms with Gasteiger partial charge < -0.3 is 11.1 Å². The fourth-order valence-electron chi connectivity index (χ4n) is 2.36. The van der Waals surface area contributed by atoms with E-state index in [4.69, 9.17) is 5.73 Å². The van der Waals surface area contributed by atoms with Gasteiger partial charge in [0, 0.05) is 17.5 Å². The summed E-state index contributed by atoms with van der Waals surface area (Å²) in [5.41, 5.74) is 5.03. The molecule has 1 aliphatic rings. The molecule has 1 fully saturated rings. The van der Waals surface area contributed by atoms with Gasteiger partial charge in [-0.05, 0) is 33.6 Å². The van der Waals surface area contributed by atoms with Gasteiger partial charge in [0.1, 0.15) is 0 Å². The molecule has 0 aromatic rings. The van der Waals surface area contributed by atoms with Crippen molar-refractivity contribution in [3.05, 3.63) is 0 Å². The number of halogens is 3. The lowest BCUT2D eigenvalue weighted by molar-refractivity contribution is -0.198. The quantitative estimate of drug-likeness (QED) is 0.835. The smallest absolute Gasteiger partial charge is 0.349 e. The molecule has 0 bridgehead atoms. The molecule has 6 heteroatoms. The number of alkyl halides is 3. The number of hydrogen-bond donors (Lipinski definition) is 2. The van der Waals surface area contributed by atoms with Gasteiger partial charge in [0.15, 0.2) is 0 Å². The summed E-state index contributed by atoms with van der Waals surface area (Å²) < 4.78 is 38.8. The van der Waals surface area contributed by atoms with Crippen LogP contribution in [0.5, 0.6) is 0 Å². The van der Waals surface area contributed by atoms with Crippen LogP contribution in [0, 0.1) is 11.8 Å². The van der Waals surface area contributed by atoms with Gasteiger partial charge in [-0.3, -0.25) is 4.79 Å². The summed E-state index contributed by atoms with van der Waals surface area (Å²) >= 11 is 0. The molecule has 0 aliphatic heterocycles. The molecule has 0 saturated heterocycles. The van der Waals surface area contributed by atoms with Crippen molar-refractivity contribution in [2.24, 2.45) is 17.6 Å². The van der Waals surface area contributed by atoms with Crippen molar-refractivity contribution in [3.63, 3.8) is 0 Å². The second-order valence-electron chi connectivity index (χ2n) is 6.04. The van der Waals surface area contributed by atoms with Crippen LogP contribution in [-0.2, 0) is 4.79 Å². The predicted octanol–water partition coefficient (Wildman–Crippen LogP) is 2.60. The summed E-state index contributed by atoms with van der Waals surface area (Å²) in [4.78, 5) is 12.1. The normalized spacial score (nSPS) is 26.9. The number of rotatable bonds is 3. The Hall–Kier alpha value is -0.780. The lowest BCUT2D eigenvalue weighted by Crippen LogP contribution is -2.57. The highest BCUT2D eigenvalue weighted by molar-refractivity contribution is 5.80. The maximum absolute atomic E-state index is 12.9. The van der Waals surface area contributed by atoms with E-state index in [9.17, 15) is 18.0 Å². The van der Waals surface area contributed by atoms with Crippen LogP contribution in [0.25, 0.3) is 0 Å². The van der Waals surface area contributed by atoms with Gasteiger partial charge in [0.25, 0.3) is 0 Å². The van der Waals surface area contributed by atoms with Crippen LogP contribution in [0.2, 0.25) is 0 Å². The molecule has 1 rings (SSSR count). The lowest BCUT2D eigenvalue weighted by Gasteiger charge is -2.36. The van der Waals surface area contributed by atoms with E-state index in [1.165, 1.54) is 0 Å². The third kappa shape index (κ3) is 4.09. The van der Waals surface area contributed by atoms with Gasteiger partial charge in [-0.2, -0.15) is 13.2 Å². The maximum atomic E-state index is 12.9. The topological polar surface area (TPSA) is 55.1 Å². The highest BCUT2D eigenvalue weighted by Crippen LogP contribution is 2.41. The number of amides is 1. The molecule has 1 amide bonds. The second kappa shape index (κ2) is 5.69. The average Bonchev–Trinajstić information content (AvgIpc) is 2.27. The van der Waals surface area contributed by atoms with Gasteiger partial charge in [-0.15, -0.1) is 0 Å². The zero-order valence-corrected chi connectivity index (χ0v) is 11.7. The summed E-state index contributed by atoms with van der Waals surface area (Å²) in [7, 11) is 0. The Bertz CT molecular complexity index is 326. The third-order valence-corrected chi connectivity index (χ3v) is 4.11. The maximum Gasteiger partial charge on any atom is 0.392 e. The average molecular weight is 280 g/mol. The number of nitrogens with two attached hydrogens (primary N) is 1. The Kier molecular flexibility index (Phi) is 4.87. The van der Waals surface area contributed by atoms with Crippen LogP contribution in [0.1, 0.15) is 46.5 Å². The van der Waals surface area contributed by atoms with Crippen molar-refractivity contribution in [1.29, 1.82) is 0 Å². The molecule has 0 aromatic carbocycles. The van der Waals surface area contributed by atoms with Crippen molar-refractivity contribution >= 4 is 5.91 Å². The minimum absolute atomic E-state index is 0.0419. The first-order valence-electron chi connectivity index (χ1n) is 6.70. The second-order valence-corrected chi connectivity index (χ2v) is 6.04. The van der Waals surface area contributed by atoms with Crippen molar-refractivity contribution in [2.45, 2.75) is 64.2 Å². The van der Waals surface area contributed by atoms with Crippen LogP contribution >= 0.6 is 0 Å². The first kappa shape index (κ1) is 16.3. The molecule has 0 heterocycles. The molecule has 112 valence electrons. The summed E-state index contributed by atoms with van der Waals surface area (Å²) in [5.74, 6) is -3.03. The number of carbonyl (C=O) groups excluding carboxylic acids is 1. The Labute approximate surface area is 112 Å². The lowest BCUT2D eigenvalue weighted by atomic mass is 9.77. The summed E-state index contributed by atoms with van der Waals surface area (Å²) in [5, 5.41) is 2.66. The van der Waals surface area contributed by atoms with Crippen molar-refractivity contribution in [1.82, 2.24) is 5.32 Å². The molecule has 3 unspecified atom stereocenters. The van der Waals surface area contributed by atoms with Gasteiger partial charge in [-0.25, -0.2) is 0 Å². The molecule has 19 heavy (non-hydrogen) atoms. The minimum Gasteiger partial charge on any atom is -0.349 e. The highest BCUT2D eigenvalue weighted by atomic mass is 19.4. The van der Waals surface area contributed by atoms with E-state index in [0.717, 1.165) is 0 Å². The van der Waals surface area contributed by atoms with Gasteiger partial charge >= 0.3 is 6.18 Å². The zero-order chi connectivity index (χ0) is 14.8. The molecular formula is C13H23F3N2O. The van der Waals surface area contributed by atoms with Gasteiger partial charge in [0.05, 0.1) is 5.92 Å². The Morgan fingerprint density at radius 1 is 1.26 bits per heavy atom. The van der Waals surface area contributed by atoms with Crippen molar-refractivity contribution in [3.8, 4) is 0 Å². The molecule has 0 radical (unpaired) electrons. The van der Waals surface area contributed by atoms with Crippen LogP contribution in [-0.4, -0.2) is 23.7 Å². The fraction of sp³-hybridized carbons (Fsp3) is 0.923. The van der Waals surface area contributed by atoms with Gasteiger partial charge in [-0.1, -0.05) is 12.8 Å².